The maximum Gasteiger partial charge on any atom is 0.307 e. The Labute approximate surface area is 155 Å². The summed E-state index contributed by atoms with van der Waals surface area (Å²) in [6, 6.07) is 15.7. The van der Waals surface area contributed by atoms with Gasteiger partial charge in [0.2, 0.25) is 0 Å². The monoisotopic (exact) mass is 390 g/mol. The van der Waals surface area contributed by atoms with Gasteiger partial charge in [-0.2, -0.15) is 0 Å². The van der Waals surface area contributed by atoms with Gasteiger partial charge < -0.3 is 0 Å². The second kappa shape index (κ2) is 7.09. The summed E-state index contributed by atoms with van der Waals surface area (Å²) in [7, 11) is -3.90. The summed E-state index contributed by atoms with van der Waals surface area (Å²) in [4.78, 5) is 15.2. The summed E-state index contributed by atoms with van der Waals surface area (Å²) in [5.74, 6) is 0. The molecule has 1 heterocycles. The Morgan fingerprint density at radius 2 is 1.72 bits per heavy atom. The number of nitrogens with zero attached hydrogens (tertiary/aromatic N) is 1. The van der Waals surface area contributed by atoms with E-state index in [4.69, 9.17) is 12.2 Å². The molecule has 3 rings (SSSR count). The lowest BCUT2D eigenvalue weighted by atomic mass is 10.2. The summed E-state index contributed by atoms with van der Waals surface area (Å²) in [5.41, 5.74) is 1.82. The molecule has 0 unspecified atom stereocenters. The molecule has 1 fully saturated rings. The number of carbonyl (C=O) groups excluding carboxylic acids is 1. The number of carbonyl (C=O) groups is 1. The Hall–Kier alpha value is -2.00. The van der Waals surface area contributed by atoms with Crippen molar-refractivity contribution in [3.05, 3.63) is 70.6 Å². The van der Waals surface area contributed by atoms with E-state index >= 15 is 0 Å². The summed E-state index contributed by atoms with van der Waals surface area (Å²) < 4.78 is 24.9. The Morgan fingerprint density at radius 1 is 1.08 bits per heavy atom. The molecule has 5 nitrogen and oxygen atoms in total. The Morgan fingerprint density at radius 3 is 2.36 bits per heavy atom. The van der Waals surface area contributed by atoms with Crippen molar-refractivity contribution in [1.29, 1.82) is 0 Å². The average molecular weight is 391 g/mol. The van der Waals surface area contributed by atoms with E-state index in [0.717, 1.165) is 27.9 Å². The van der Waals surface area contributed by atoms with Gasteiger partial charge in [-0.25, -0.2) is 13.4 Å². The molecular formula is C17H14N2O3S3. The molecule has 2 aromatic carbocycles. The van der Waals surface area contributed by atoms with Crippen molar-refractivity contribution in [2.24, 2.45) is 0 Å². The highest BCUT2D eigenvalue weighted by atomic mass is 32.2. The predicted molar refractivity (Wildman–Crippen MR) is 103 cm³/mol. The maximum atomic E-state index is 12.5. The van der Waals surface area contributed by atoms with Crippen LogP contribution in [0.15, 0.2) is 64.4 Å². The van der Waals surface area contributed by atoms with E-state index in [1.807, 2.05) is 37.3 Å². The minimum Gasteiger partial charge on any atom is -0.259 e. The number of thioether (sulfide) groups is 1. The third-order valence-electron chi connectivity index (χ3n) is 3.43. The van der Waals surface area contributed by atoms with Crippen molar-refractivity contribution in [1.82, 2.24) is 9.84 Å². The van der Waals surface area contributed by atoms with E-state index in [-0.39, 0.29) is 9.88 Å². The molecule has 0 bridgehead atoms. The predicted octanol–water partition coefficient (Wildman–Crippen LogP) is 3.73. The first-order valence-electron chi connectivity index (χ1n) is 7.29. The highest BCUT2D eigenvalue weighted by Gasteiger charge is 2.35. The van der Waals surface area contributed by atoms with Gasteiger partial charge in [-0.15, -0.1) is 4.83 Å². The number of hydrazine groups is 1. The number of hydrogen-bond acceptors (Lipinski definition) is 5. The van der Waals surface area contributed by atoms with Gasteiger partial charge >= 0.3 is 5.24 Å². The van der Waals surface area contributed by atoms with Gasteiger partial charge in [0.25, 0.3) is 10.0 Å². The molecule has 0 saturated carbocycles. The molecule has 1 aliphatic rings. The number of thiocarbonyl (C=S) groups is 1. The molecule has 1 saturated heterocycles. The van der Waals surface area contributed by atoms with Crippen molar-refractivity contribution in [2.75, 3.05) is 0 Å². The van der Waals surface area contributed by atoms with Crippen LogP contribution in [-0.2, 0) is 10.0 Å². The first-order valence-corrected chi connectivity index (χ1v) is 10.00. The quantitative estimate of drug-likeness (QED) is 0.637. The van der Waals surface area contributed by atoms with E-state index in [2.05, 4.69) is 4.83 Å². The van der Waals surface area contributed by atoms with Gasteiger partial charge in [0.15, 0.2) is 0 Å². The normalized spacial score (nSPS) is 16.7. The van der Waals surface area contributed by atoms with Crippen LogP contribution < -0.4 is 4.83 Å². The van der Waals surface area contributed by atoms with E-state index in [0.29, 0.717) is 4.91 Å². The first kappa shape index (κ1) is 17.8. The fourth-order valence-corrected chi connectivity index (χ4v) is 4.43. The molecule has 1 amide bonds. The van der Waals surface area contributed by atoms with Crippen LogP contribution in [0.25, 0.3) is 6.08 Å². The van der Waals surface area contributed by atoms with Gasteiger partial charge in [0, 0.05) is 0 Å². The Kier molecular flexibility index (Phi) is 5.05. The van der Waals surface area contributed by atoms with Crippen LogP contribution in [0.5, 0.6) is 0 Å². The van der Waals surface area contributed by atoms with E-state index in [1.165, 1.54) is 12.1 Å². The minimum atomic E-state index is -3.90. The molecule has 25 heavy (non-hydrogen) atoms. The summed E-state index contributed by atoms with van der Waals surface area (Å²) in [5, 5.41) is 0.409. The number of benzene rings is 2. The average Bonchev–Trinajstić information content (AvgIpc) is 2.83. The zero-order valence-corrected chi connectivity index (χ0v) is 15.6. The number of amides is 1. The maximum absolute atomic E-state index is 12.5. The minimum absolute atomic E-state index is 0.0687. The number of rotatable bonds is 4. The van der Waals surface area contributed by atoms with Crippen molar-refractivity contribution in [2.45, 2.75) is 11.8 Å². The third-order valence-corrected chi connectivity index (χ3v) is 6.17. The van der Waals surface area contributed by atoms with Crippen LogP contribution >= 0.6 is 24.0 Å². The number of hydrogen-bond donors (Lipinski definition) is 1. The largest absolute Gasteiger partial charge is 0.307 e. The summed E-state index contributed by atoms with van der Waals surface area (Å²) >= 11 is 6.16. The Balaban J connectivity index is 1.83. The number of aryl methyl sites for hydroxylation is 1. The second-order valence-corrected chi connectivity index (χ2v) is 8.38. The standard InChI is InChI=1S/C17H14N2O3S3/c1-12-7-9-14(10-8-12)25(21,22)18-19-16(23)15(24-17(19)20)11-13-5-3-2-4-6-13/h2-11,18H,1H3. The van der Waals surface area contributed by atoms with Crippen molar-refractivity contribution in [3.8, 4) is 0 Å². The number of nitrogens with one attached hydrogen (secondary N) is 1. The second-order valence-electron chi connectivity index (χ2n) is 5.34. The zero-order chi connectivity index (χ0) is 18.0. The van der Waals surface area contributed by atoms with E-state index < -0.39 is 15.3 Å². The molecule has 8 heteroatoms. The first-order chi connectivity index (χ1) is 11.9. The lowest BCUT2D eigenvalue weighted by molar-refractivity contribution is 0.241. The van der Waals surface area contributed by atoms with Crippen LogP contribution in [0.4, 0.5) is 4.79 Å². The smallest absolute Gasteiger partial charge is 0.259 e. The van der Waals surface area contributed by atoms with Crippen LogP contribution in [0, 0.1) is 6.92 Å². The lowest BCUT2D eigenvalue weighted by Crippen LogP contribution is -2.44. The third kappa shape index (κ3) is 3.98. The van der Waals surface area contributed by atoms with E-state index in [9.17, 15) is 13.2 Å². The fourth-order valence-electron chi connectivity index (χ4n) is 2.14. The molecule has 128 valence electrons. The van der Waals surface area contributed by atoms with Crippen LogP contribution in [0.1, 0.15) is 11.1 Å². The SMILES string of the molecule is Cc1ccc(S(=O)(=O)NN2C(=O)SC(=Cc3ccccc3)C2=S)cc1. The summed E-state index contributed by atoms with van der Waals surface area (Å²) in [6.45, 7) is 1.86. The molecule has 0 aromatic heterocycles. The molecule has 0 atom stereocenters. The topological polar surface area (TPSA) is 66.5 Å². The highest BCUT2D eigenvalue weighted by Crippen LogP contribution is 2.32. The van der Waals surface area contributed by atoms with Gasteiger partial charge in [-0.05, 0) is 42.5 Å². The van der Waals surface area contributed by atoms with Crippen LogP contribution in [0.3, 0.4) is 0 Å². The lowest BCUT2D eigenvalue weighted by Gasteiger charge is -2.16. The van der Waals surface area contributed by atoms with Gasteiger partial charge in [-0.1, -0.05) is 60.2 Å². The van der Waals surface area contributed by atoms with Gasteiger partial charge in [0.1, 0.15) is 4.99 Å². The van der Waals surface area contributed by atoms with E-state index in [1.54, 1.807) is 18.2 Å². The summed E-state index contributed by atoms with van der Waals surface area (Å²) in [6.07, 6.45) is 1.76. The molecule has 0 aliphatic carbocycles. The molecule has 2 aromatic rings. The molecule has 0 spiro atoms. The van der Waals surface area contributed by atoms with Crippen LogP contribution in [-0.4, -0.2) is 23.7 Å². The zero-order valence-electron chi connectivity index (χ0n) is 13.2. The van der Waals surface area contributed by atoms with Crippen molar-refractivity contribution >= 4 is 50.3 Å². The fraction of sp³-hybridized carbons (Fsp3) is 0.0588. The Bertz CT molecular complexity index is 952. The van der Waals surface area contributed by atoms with Crippen molar-refractivity contribution in [3.63, 3.8) is 0 Å². The van der Waals surface area contributed by atoms with Crippen LogP contribution in [0.2, 0.25) is 0 Å². The van der Waals surface area contributed by atoms with Gasteiger partial charge in [0.05, 0.1) is 9.80 Å². The molecule has 1 N–H and O–H groups in total. The van der Waals surface area contributed by atoms with Crippen molar-refractivity contribution < 1.29 is 13.2 Å². The molecule has 1 aliphatic heterocycles. The van der Waals surface area contributed by atoms with Gasteiger partial charge in [-0.3, -0.25) is 4.79 Å². The highest BCUT2D eigenvalue weighted by molar-refractivity contribution is 8.19. The molecule has 0 radical (unpaired) electrons. The molecular weight excluding hydrogens is 376 g/mol. The number of sulfonamides is 1.